The maximum atomic E-state index is 10.4. The molecule has 0 saturated heterocycles. The van der Waals surface area contributed by atoms with Crippen molar-refractivity contribution in [1.82, 2.24) is 0 Å². The van der Waals surface area contributed by atoms with E-state index in [1.165, 1.54) is 0 Å². The van der Waals surface area contributed by atoms with Crippen molar-refractivity contribution < 1.29 is 9.90 Å². The molecule has 3 heteroatoms. The number of rotatable bonds is 2. The fourth-order valence-electron chi connectivity index (χ4n) is 0.872. The van der Waals surface area contributed by atoms with Crippen LogP contribution in [-0.4, -0.2) is 5.97 Å². The number of hydrogen-bond acceptors (Lipinski definition) is 2. The van der Waals surface area contributed by atoms with Crippen LogP contribution in [0.25, 0.3) is 0 Å². The van der Waals surface area contributed by atoms with Gasteiger partial charge in [-0.2, -0.15) is 0 Å². The molecule has 0 aromatic heterocycles. The molecule has 0 aliphatic carbocycles. The SMILES string of the molecule is Cc1ccc(C(Br)C(=O)[O-])cc1. The zero-order valence-electron chi connectivity index (χ0n) is 6.58. The van der Waals surface area contributed by atoms with E-state index >= 15 is 0 Å². The number of benzene rings is 1. The second-order valence-electron chi connectivity index (χ2n) is 2.59. The smallest absolute Gasteiger partial charge is 0.0790 e. The average molecular weight is 228 g/mol. The summed E-state index contributed by atoms with van der Waals surface area (Å²) in [5.41, 5.74) is 1.82. The van der Waals surface area contributed by atoms with Gasteiger partial charge in [0.1, 0.15) is 0 Å². The largest absolute Gasteiger partial charge is 0.549 e. The summed E-state index contributed by atoms with van der Waals surface area (Å²) in [5, 5.41) is 10.4. The summed E-state index contributed by atoms with van der Waals surface area (Å²) in [6.07, 6.45) is 0. The molecule has 0 spiro atoms. The summed E-state index contributed by atoms with van der Waals surface area (Å²) in [7, 11) is 0. The summed E-state index contributed by atoms with van der Waals surface area (Å²) in [4.78, 5) is 9.72. The van der Waals surface area contributed by atoms with Gasteiger partial charge < -0.3 is 9.90 Å². The number of hydrogen-bond donors (Lipinski definition) is 0. The van der Waals surface area contributed by atoms with Crippen molar-refractivity contribution in [3.63, 3.8) is 0 Å². The van der Waals surface area contributed by atoms with Crippen LogP contribution in [0.15, 0.2) is 24.3 Å². The Morgan fingerprint density at radius 1 is 1.42 bits per heavy atom. The highest BCUT2D eigenvalue weighted by Gasteiger charge is 2.06. The zero-order chi connectivity index (χ0) is 9.14. The van der Waals surface area contributed by atoms with Gasteiger partial charge in [-0.25, -0.2) is 0 Å². The molecule has 1 unspecified atom stereocenters. The minimum absolute atomic E-state index is 0.709. The third-order valence-electron chi connectivity index (χ3n) is 1.58. The molecule has 1 aromatic carbocycles. The lowest BCUT2D eigenvalue weighted by Gasteiger charge is -2.10. The third kappa shape index (κ3) is 2.08. The maximum absolute atomic E-state index is 10.4. The lowest BCUT2D eigenvalue weighted by Crippen LogP contribution is -2.26. The van der Waals surface area contributed by atoms with Crippen LogP contribution in [0.3, 0.4) is 0 Å². The van der Waals surface area contributed by atoms with E-state index in [1.54, 1.807) is 12.1 Å². The predicted molar refractivity (Wildman–Crippen MR) is 47.9 cm³/mol. The first-order valence-corrected chi connectivity index (χ1v) is 4.44. The maximum Gasteiger partial charge on any atom is 0.0790 e. The molecule has 12 heavy (non-hydrogen) atoms. The zero-order valence-corrected chi connectivity index (χ0v) is 8.17. The van der Waals surface area contributed by atoms with Gasteiger partial charge in [-0.1, -0.05) is 45.8 Å². The van der Waals surface area contributed by atoms with Crippen molar-refractivity contribution in [3.05, 3.63) is 35.4 Å². The quantitative estimate of drug-likeness (QED) is 0.713. The van der Waals surface area contributed by atoms with Gasteiger partial charge in [-0.3, -0.25) is 0 Å². The minimum Gasteiger partial charge on any atom is -0.549 e. The molecule has 2 nitrogen and oxygen atoms in total. The second kappa shape index (κ2) is 3.72. The van der Waals surface area contributed by atoms with Gasteiger partial charge in [0.05, 0.1) is 10.8 Å². The number of alkyl halides is 1. The highest BCUT2D eigenvalue weighted by atomic mass is 79.9. The number of carbonyl (C=O) groups is 1. The molecule has 0 amide bonds. The van der Waals surface area contributed by atoms with E-state index in [2.05, 4.69) is 15.9 Å². The molecule has 64 valence electrons. The normalized spacial score (nSPS) is 12.5. The van der Waals surface area contributed by atoms with Gasteiger partial charge in [0, 0.05) is 0 Å². The summed E-state index contributed by atoms with van der Waals surface area (Å²) < 4.78 is 0. The third-order valence-corrected chi connectivity index (χ3v) is 2.48. The number of carbonyl (C=O) groups excluding carboxylic acids is 1. The first kappa shape index (κ1) is 9.26. The molecule has 0 bridgehead atoms. The van der Waals surface area contributed by atoms with Crippen LogP contribution >= 0.6 is 15.9 Å². The molecule has 0 radical (unpaired) electrons. The number of halogens is 1. The van der Waals surface area contributed by atoms with E-state index in [0.717, 1.165) is 5.56 Å². The van der Waals surface area contributed by atoms with Gasteiger partial charge in [-0.15, -0.1) is 0 Å². The van der Waals surface area contributed by atoms with Crippen molar-refractivity contribution in [2.24, 2.45) is 0 Å². The molecular weight excluding hydrogens is 220 g/mol. The first-order chi connectivity index (χ1) is 5.61. The molecule has 0 aliphatic heterocycles. The second-order valence-corrected chi connectivity index (χ2v) is 3.51. The van der Waals surface area contributed by atoms with Crippen LogP contribution in [0.4, 0.5) is 0 Å². The van der Waals surface area contributed by atoms with Crippen LogP contribution < -0.4 is 5.11 Å². The van der Waals surface area contributed by atoms with Crippen LogP contribution in [0.5, 0.6) is 0 Å². The van der Waals surface area contributed by atoms with Gasteiger partial charge in [0.25, 0.3) is 0 Å². The van der Waals surface area contributed by atoms with E-state index in [0.29, 0.717) is 5.56 Å². The molecular formula is C9H8BrO2-. The Kier molecular flexibility index (Phi) is 2.87. The highest BCUT2D eigenvalue weighted by molar-refractivity contribution is 9.09. The highest BCUT2D eigenvalue weighted by Crippen LogP contribution is 2.21. The molecule has 0 fully saturated rings. The minimum atomic E-state index is -1.11. The number of aliphatic carboxylic acids is 1. The Morgan fingerprint density at radius 2 is 1.92 bits per heavy atom. The van der Waals surface area contributed by atoms with Gasteiger partial charge in [-0.05, 0) is 12.5 Å². The number of carboxylic acids is 1. The van der Waals surface area contributed by atoms with E-state index in [4.69, 9.17) is 0 Å². The van der Waals surface area contributed by atoms with Gasteiger partial charge in [0.2, 0.25) is 0 Å². The molecule has 1 rings (SSSR count). The molecule has 0 saturated carbocycles. The molecule has 0 aliphatic rings. The Labute approximate surface area is 79.3 Å². The molecule has 0 N–H and O–H groups in total. The average Bonchev–Trinajstić information content (AvgIpc) is 2.04. The first-order valence-electron chi connectivity index (χ1n) is 3.53. The van der Waals surface area contributed by atoms with E-state index in [-0.39, 0.29) is 0 Å². The topological polar surface area (TPSA) is 40.1 Å². The Hall–Kier alpha value is -0.830. The van der Waals surface area contributed by atoms with Crippen LogP contribution in [-0.2, 0) is 4.79 Å². The summed E-state index contributed by atoms with van der Waals surface area (Å²) >= 11 is 3.01. The summed E-state index contributed by atoms with van der Waals surface area (Å²) in [6, 6.07) is 7.27. The predicted octanol–water partition coefficient (Wildman–Crippen LogP) is 1.18. The summed E-state index contributed by atoms with van der Waals surface area (Å²) in [6.45, 7) is 1.95. The van der Waals surface area contributed by atoms with E-state index < -0.39 is 10.8 Å². The van der Waals surface area contributed by atoms with Crippen molar-refractivity contribution >= 4 is 21.9 Å². The fourth-order valence-corrected chi connectivity index (χ4v) is 1.18. The Bertz CT molecular complexity index is 279. The van der Waals surface area contributed by atoms with Crippen molar-refractivity contribution in [3.8, 4) is 0 Å². The van der Waals surface area contributed by atoms with Crippen molar-refractivity contribution in [1.29, 1.82) is 0 Å². The van der Waals surface area contributed by atoms with Crippen LogP contribution in [0, 0.1) is 6.92 Å². The summed E-state index contributed by atoms with van der Waals surface area (Å²) in [5.74, 6) is -1.11. The van der Waals surface area contributed by atoms with E-state index in [9.17, 15) is 9.90 Å². The van der Waals surface area contributed by atoms with E-state index in [1.807, 2.05) is 19.1 Å². The standard InChI is InChI=1S/C9H9BrO2/c1-6-2-4-7(5-3-6)8(10)9(11)12/h2-5,8H,1H3,(H,11,12)/p-1. The van der Waals surface area contributed by atoms with Crippen molar-refractivity contribution in [2.45, 2.75) is 11.8 Å². The van der Waals surface area contributed by atoms with Crippen molar-refractivity contribution in [2.75, 3.05) is 0 Å². The molecule has 0 heterocycles. The Balaban J connectivity index is 2.89. The monoisotopic (exact) mass is 227 g/mol. The van der Waals surface area contributed by atoms with Crippen LogP contribution in [0.1, 0.15) is 16.0 Å². The number of carboxylic acid groups (broad SMARTS) is 1. The fraction of sp³-hybridized carbons (Fsp3) is 0.222. The molecule has 1 atom stereocenters. The van der Waals surface area contributed by atoms with Gasteiger partial charge in [0.15, 0.2) is 0 Å². The van der Waals surface area contributed by atoms with Gasteiger partial charge >= 0.3 is 0 Å². The lowest BCUT2D eigenvalue weighted by molar-refractivity contribution is -0.304. The Morgan fingerprint density at radius 3 is 2.33 bits per heavy atom. The number of aryl methyl sites for hydroxylation is 1. The molecule has 1 aromatic rings. The van der Waals surface area contributed by atoms with Crippen LogP contribution in [0.2, 0.25) is 0 Å². The lowest BCUT2D eigenvalue weighted by atomic mass is 10.1.